The van der Waals surface area contributed by atoms with E-state index >= 15 is 0 Å². The number of likely N-dealkylation sites (N-methyl/N-ethyl adjacent to an activating group) is 1. The molecular formula is C18H17FN4O3S. The van der Waals surface area contributed by atoms with Crippen LogP contribution in [0.25, 0.3) is 10.6 Å². The quantitative estimate of drug-likeness (QED) is 0.725. The molecule has 1 N–H and O–H groups in total. The second-order valence-electron chi connectivity index (χ2n) is 5.97. The molecule has 140 valence electrons. The van der Waals surface area contributed by atoms with E-state index in [-0.39, 0.29) is 24.2 Å². The van der Waals surface area contributed by atoms with Gasteiger partial charge in [0.15, 0.2) is 5.82 Å². The lowest BCUT2D eigenvalue weighted by atomic mass is 10.2. The molecule has 2 heterocycles. The van der Waals surface area contributed by atoms with Crippen LogP contribution in [0.1, 0.15) is 21.1 Å². The van der Waals surface area contributed by atoms with E-state index in [0.29, 0.717) is 27.2 Å². The standard InChI is InChI=1S/C18H17FN4O3S/c1-10-8-14(22-26-10)21-15(24)9-23(3)18(25)16-11(2)20-17(27-16)12-4-6-13(19)7-5-12/h4-8H,9H2,1-3H3,(H,21,22,24). The molecule has 0 fully saturated rings. The molecule has 0 bridgehead atoms. The molecule has 7 nitrogen and oxygen atoms in total. The molecule has 0 radical (unpaired) electrons. The number of thiazole rings is 1. The summed E-state index contributed by atoms with van der Waals surface area (Å²) in [5.74, 6) is -0.171. The molecule has 3 aromatic rings. The van der Waals surface area contributed by atoms with Gasteiger partial charge in [-0.2, -0.15) is 0 Å². The zero-order valence-electron chi connectivity index (χ0n) is 14.9. The van der Waals surface area contributed by atoms with Crippen molar-refractivity contribution in [3.63, 3.8) is 0 Å². The van der Waals surface area contributed by atoms with Crippen LogP contribution < -0.4 is 5.32 Å². The molecule has 0 aliphatic rings. The van der Waals surface area contributed by atoms with E-state index in [1.165, 1.54) is 35.4 Å². The van der Waals surface area contributed by atoms with Gasteiger partial charge in [-0.3, -0.25) is 9.59 Å². The van der Waals surface area contributed by atoms with Gasteiger partial charge in [0.2, 0.25) is 5.91 Å². The number of aromatic nitrogens is 2. The number of amides is 2. The van der Waals surface area contributed by atoms with Crippen LogP contribution >= 0.6 is 11.3 Å². The van der Waals surface area contributed by atoms with Crippen LogP contribution in [-0.2, 0) is 4.79 Å². The number of nitrogens with one attached hydrogen (secondary N) is 1. The first-order valence-corrected chi connectivity index (χ1v) is 8.87. The van der Waals surface area contributed by atoms with Crippen LogP contribution in [0.4, 0.5) is 10.2 Å². The zero-order valence-corrected chi connectivity index (χ0v) is 15.8. The number of anilines is 1. The van der Waals surface area contributed by atoms with Crippen molar-refractivity contribution in [1.29, 1.82) is 0 Å². The van der Waals surface area contributed by atoms with Crippen LogP contribution in [0.2, 0.25) is 0 Å². The highest BCUT2D eigenvalue weighted by atomic mass is 32.1. The van der Waals surface area contributed by atoms with E-state index in [1.54, 1.807) is 32.0 Å². The fraction of sp³-hybridized carbons (Fsp3) is 0.222. The van der Waals surface area contributed by atoms with Gasteiger partial charge in [0, 0.05) is 18.7 Å². The smallest absolute Gasteiger partial charge is 0.266 e. The molecule has 27 heavy (non-hydrogen) atoms. The fourth-order valence-electron chi connectivity index (χ4n) is 2.38. The van der Waals surface area contributed by atoms with Crippen molar-refractivity contribution >= 4 is 29.0 Å². The lowest BCUT2D eigenvalue weighted by molar-refractivity contribution is -0.116. The van der Waals surface area contributed by atoms with Gasteiger partial charge in [0.05, 0.1) is 12.2 Å². The molecule has 3 rings (SSSR count). The third kappa shape index (κ3) is 4.37. The maximum Gasteiger partial charge on any atom is 0.266 e. The van der Waals surface area contributed by atoms with Crippen molar-refractivity contribution in [3.8, 4) is 10.6 Å². The number of nitrogens with zero attached hydrogens (tertiary/aromatic N) is 3. The molecular weight excluding hydrogens is 371 g/mol. The number of halogens is 1. The monoisotopic (exact) mass is 388 g/mol. The zero-order chi connectivity index (χ0) is 19.6. The Balaban J connectivity index is 1.69. The van der Waals surface area contributed by atoms with Gasteiger partial charge >= 0.3 is 0 Å². The molecule has 1 aromatic carbocycles. The van der Waals surface area contributed by atoms with Crippen molar-refractivity contribution < 1.29 is 18.5 Å². The predicted octanol–water partition coefficient (Wildman–Crippen LogP) is 3.26. The Kier molecular flexibility index (Phi) is 5.31. The summed E-state index contributed by atoms with van der Waals surface area (Å²) in [5.41, 5.74) is 1.29. The minimum Gasteiger partial charge on any atom is -0.360 e. The highest BCUT2D eigenvalue weighted by Gasteiger charge is 2.21. The molecule has 0 aliphatic heterocycles. The SMILES string of the molecule is Cc1cc(NC(=O)CN(C)C(=O)c2sc(-c3ccc(F)cc3)nc2C)no1. The fourth-order valence-corrected chi connectivity index (χ4v) is 3.45. The summed E-state index contributed by atoms with van der Waals surface area (Å²) in [6, 6.07) is 7.49. The maximum atomic E-state index is 13.1. The van der Waals surface area contributed by atoms with E-state index in [4.69, 9.17) is 4.52 Å². The maximum absolute atomic E-state index is 13.1. The second kappa shape index (κ2) is 7.67. The van der Waals surface area contributed by atoms with E-state index < -0.39 is 0 Å². The summed E-state index contributed by atoms with van der Waals surface area (Å²) in [6.45, 7) is 3.29. The second-order valence-corrected chi connectivity index (χ2v) is 6.97. The number of aryl methyl sites for hydroxylation is 2. The van der Waals surface area contributed by atoms with Crippen LogP contribution in [0.3, 0.4) is 0 Å². The summed E-state index contributed by atoms with van der Waals surface area (Å²) < 4.78 is 18.0. The van der Waals surface area contributed by atoms with Gasteiger partial charge in [-0.05, 0) is 38.1 Å². The number of carbonyl (C=O) groups excluding carboxylic acids is 2. The minimum absolute atomic E-state index is 0.145. The topological polar surface area (TPSA) is 88.3 Å². The highest BCUT2D eigenvalue weighted by Crippen LogP contribution is 2.28. The normalized spacial score (nSPS) is 10.7. The van der Waals surface area contributed by atoms with Gasteiger partial charge < -0.3 is 14.7 Å². The average molecular weight is 388 g/mol. The van der Waals surface area contributed by atoms with Gasteiger partial charge in [0.1, 0.15) is 21.5 Å². The molecule has 0 aliphatic carbocycles. The first-order valence-electron chi connectivity index (χ1n) is 8.05. The summed E-state index contributed by atoms with van der Waals surface area (Å²) in [7, 11) is 1.53. The number of hydrogen-bond donors (Lipinski definition) is 1. The Morgan fingerprint density at radius 2 is 1.96 bits per heavy atom. The summed E-state index contributed by atoms with van der Waals surface area (Å²) >= 11 is 1.21. The third-order valence-corrected chi connectivity index (χ3v) is 4.90. The van der Waals surface area contributed by atoms with E-state index in [1.807, 2.05) is 0 Å². The Morgan fingerprint density at radius 3 is 2.59 bits per heavy atom. The molecule has 0 spiro atoms. The van der Waals surface area contributed by atoms with Gasteiger partial charge in [0.25, 0.3) is 5.91 Å². The van der Waals surface area contributed by atoms with Crippen molar-refractivity contribution in [1.82, 2.24) is 15.0 Å². The molecule has 0 saturated heterocycles. The van der Waals surface area contributed by atoms with Crippen molar-refractivity contribution in [2.45, 2.75) is 13.8 Å². The van der Waals surface area contributed by atoms with Crippen molar-refractivity contribution in [2.75, 3.05) is 18.9 Å². The Labute approximate surface area is 158 Å². The van der Waals surface area contributed by atoms with Crippen molar-refractivity contribution in [3.05, 3.63) is 52.5 Å². The summed E-state index contributed by atoms with van der Waals surface area (Å²) in [5, 5.41) is 6.86. The number of carbonyl (C=O) groups is 2. The molecule has 2 aromatic heterocycles. The molecule has 9 heteroatoms. The van der Waals surface area contributed by atoms with E-state index in [0.717, 1.165) is 5.56 Å². The number of hydrogen-bond acceptors (Lipinski definition) is 6. The summed E-state index contributed by atoms with van der Waals surface area (Å²) in [4.78, 5) is 30.9. The first kappa shape index (κ1) is 18.7. The van der Waals surface area contributed by atoms with Crippen LogP contribution in [-0.4, -0.2) is 40.4 Å². The van der Waals surface area contributed by atoms with Crippen LogP contribution in [0.5, 0.6) is 0 Å². The third-order valence-electron chi connectivity index (χ3n) is 3.70. The molecule has 0 atom stereocenters. The molecule has 2 amide bonds. The van der Waals surface area contributed by atoms with Crippen molar-refractivity contribution in [2.24, 2.45) is 0 Å². The summed E-state index contributed by atoms with van der Waals surface area (Å²) in [6.07, 6.45) is 0. The molecule has 0 unspecified atom stereocenters. The van der Waals surface area contributed by atoms with Gasteiger partial charge in [-0.25, -0.2) is 9.37 Å². The number of benzene rings is 1. The van der Waals surface area contributed by atoms with Gasteiger partial charge in [-0.15, -0.1) is 11.3 Å². The van der Waals surface area contributed by atoms with Gasteiger partial charge in [-0.1, -0.05) is 5.16 Å². The average Bonchev–Trinajstić information content (AvgIpc) is 3.20. The Morgan fingerprint density at radius 1 is 1.26 bits per heavy atom. The minimum atomic E-state index is -0.389. The number of rotatable bonds is 5. The Hall–Kier alpha value is -3.07. The van der Waals surface area contributed by atoms with E-state index in [9.17, 15) is 14.0 Å². The Bertz CT molecular complexity index is 981. The largest absolute Gasteiger partial charge is 0.360 e. The molecule has 0 saturated carbocycles. The van der Waals surface area contributed by atoms with Crippen LogP contribution in [0, 0.1) is 19.7 Å². The van der Waals surface area contributed by atoms with Crippen LogP contribution in [0.15, 0.2) is 34.9 Å². The van der Waals surface area contributed by atoms with E-state index in [2.05, 4.69) is 15.5 Å². The predicted molar refractivity (Wildman–Crippen MR) is 99.1 cm³/mol. The lowest BCUT2D eigenvalue weighted by Crippen LogP contribution is -2.34. The first-order chi connectivity index (χ1) is 12.8. The lowest BCUT2D eigenvalue weighted by Gasteiger charge is -2.15. The highest BCUT2D eigenvalue weighted by molar-refractivity contribution is 7.17.